The lowest BCUT2D eigenvalue weighted by Gasteiger charge is -2.21. The standard InChI is InChI=1S/C51H41NS/c1-6-36-18-13-14-23-41(36)34(4)35(5)50(40-30-28-38(29-31-40)37-19-9-7-10-20-37)52-49(33(2)3)46-32-47-48(44-25-16-15-24-43(44)46)45-27-17-26-42(51(45)53-47)39-21-11-8-12-22-39/h6-32,49H,1-2H2,3-5H3/b35-34+,52-50+. The second kappa shape index (κ2) is 14.5. The molecule has 8 rings (SSSR count). The highest BCUT2D eigenvalue weighted by Gasteiger charge is 2.22. The molecule has 0 saturated heterocycles. The smallest absolute Gasteiger partial charge is 0.0968 e. The first-order valence-corrected chi connectivity index (χ1v) is 19.0. The maximum absolute atomic E-state index is 5.73. The van der Waals surface area contributed by atoms with E-state index >= 15 is 0 Å². The largest absolute Gasteiger partial charge is 0.272 e. The Kier molecular flexibility index (Phi) is 9.31. The minimum atomic E-state index is -0.274. The van der Waals surface area contributed by atoms with Gasteiger partial charge in [0.15, 0.2) is 0 Å². The Hall–Kier alpha value is -6.09. The molecule has 53 heavy (non-hydrogen) atoms. The van der Waals surface area contributed by atoms with Crippen LogP contribution in [0.4, 0.5) is 0 Å². The van der Waals surface area contributed by atoms with Gasteiger partial charge in [-0.15, -0.1) is 11.3 Å². The molecule has 0 amide bonds. The maximum Gasteiger partial charge on any atom is 0.0968 e. The summed E-state index contributed by atoms with van der Waals surface area (Å²) < 4.78 is 2.57. The summed E-state index contributed by atoms with van der Waals surface area (Å²) in [6, 6.07) is 56.2. The highest BCUT2D eigenvalue weighted by molar-refractivity contribution is 7.26. The molecule has 0 aliphatic rings. The fraction of sp³-hybridized carbons (Fsp3) is 0.0784. The molecule has 0 N–H and O–H groups in total. The van der Waals surface area contributed by atoms with Crippen molar-refractivity contribution in [3.05, 3.63) is 204 Å². The molecule has 8 aromatic rings. The van der Waals surface area contributed by atoms with Crippen LogP contribution in [0.1, 0.15) is 49.1 Å². The van der Waals surface area contributed by atoms with Crippen LogP contribution in [0.2, 0.25) is 0 Å². The SMILES string of the molecule is C=Cc1ccccc1/C(C)=C(C)/C(=N\C(C(=C)C)c1cc2sc3c(-c4ccccc4)cccc3c2c2ccccc12)c1ccc(-c2ccccc2)cc1. The predicted molar refractivity (Wildman–Crippen MR) is 233 cm³/mol. The average molecular weight is 700 g/mol. The second-order valence-corrected chi connectivity index (χ2v) is 14.8. The molecular formula is C51H41NS. The van der Waals surface area contributed by atoms with E-state index in [2.05, 4.69) is 192 Å². The highest BCUT2D eigenvalue weighted by atomic mass is 32.1. The number of rotatable bonds is 9. The van der Waals surface area contributed by atoms with Crippen LogP contribution >= 0.6 is 11.3 Å². The molecular weight excluding hydrogens is 659 g/mol. The van der Waals surface area contributed by atoms with Crippen LogP contribution in [-0.4, -0.2) is 5.71 Å². The Morgan fingerprint density at radius 2 is 1.23 bits per heavy atom. The average Bonchev–Trinajstić information content (AvgIpc) is 3.60. The molecule has 1 nitrogen and oxygen atoms in total. The second-order valence-electron chi connectivity index (χ2n) is 13.7. The summed E-state index contributed by atoms with van der Waals surface area (Å²) in [5, 5.41) is 5.04. The van der Waals surface area contributed by atoms with Gasteiger partial charge in [-0.2, -0.15) is 0 Å². The van der Waals surface area contributed by atoms with Crippen LogP contribution < -0.4 is 0 Å². The lowest BCUT2D eigenvalue weighted by atomic mass is 9.90. The molecule has 1 atom stereocenters. The van der Waals surface area contributed by atoms with Gasteiger partial charge in [0.05, 0.1) is 11.8 Å². The lowest BCUT2D eigenvalue weighted by Crippen LogP contribution is -2.10. The van der Waals surface area contributed by atoms with E-state index in [4.69, 9.17) is 4.99 Å². The van der Waals surface area contributed by atoms with Gasteiger partial charge in [-0.3, -0.25) is 4.99 Å². The first kappa shape index (κ1) is 34.0. The number of benzene rings is 7. The van der Waals surface area contributed by atoms with Gasteiger partial charge >= 0.3 is 0 Å². The van der Waals surface area contributed by atoms with Crippen LogP contribution in [0.15, 0.2) is 187 Å². The zero-order valence-corrected chi connectivity index (χ0v) is 31.3. The van der Waals surface area contributed by atoms with Crippen LogP contribution in [0.3, 0.4) is 0 Å². The van der Waals surface area contributed by atoms with Crippen LogP contribution in [0.5, 0.6) is 0 Å². The third kappa shape index (κ3) is 6.37. The van der Waals surface area contributed by atoms with Gasteiger partial charge in [0.2, 0.25) is 0 Å². The number of fused-ring (bicyclic) bond motifs is 5. The summed E-state index contributed by atoms with van der Waals surface area (Å²) in [6.45, 7) is 15.2. The molecule has 0 spiro atoms. The number of thiophene rings is 1. The monoisotopic (exact) mass is 699 g/mol. The van der Waals surface area contributed by atoms with Crippen molar-refractivity contribution in [1.29, 1.82) is 0 Å². The molecule has 0 bridgehead atoms. The minimum absolute atomic E-state index is 0.274. The minimum Gasteiger partial charge on any atom is -0.272 e. The number of hydrogen-bond donors (Lipinski definition) is 0. The van der Waals surface area contributed by atoms with E-state index in [1.165, 1.54) is 64.3 Å². The Morgan fingerprint density at radius 3 is 1.92 bits per heavy atom. The summed E-state index contributed by atoms with van der Waals surface area (Å²) >= 11 is 1.87. The first-order chi connectivity index (χ1) is 25.9. The lowest BCUT2D eigenvalue weighted by molar-refractivity contribution is 0.862. The molecule has 1 unspecified atom stereocenters. The van der Waals surface area contributed by atoms with E-state index in [9.17, 15) is 0 Å². The Morgan fingerprint density at radius 1 is 0.623 bits per heavy atom. The van der Waals surface area contributed by atoms with Gasteiger partial charge in [-0.05, 0) is 87.7 Å². The van der Waals surface area contributed by atoms with Crippen molar-refractivity contribution in [3.63, 3.8) is 0 Å². The molecule has 0 aliphatic heterocycles. The molecule has 0 fully saturated rings. The summed E-state index contributed by atoms with van der Waals surface area (Å²) in [4.78, 5) is 5.73. The topological polar surface area (TPSA) is 12.4 Å². The van der Waals surface area contributed by atoms with Crippen molar-refractivity contribution >= 4 is 59.6 Å². The molecule has 1 heterocycles. The molecule has 256 valence electrons. The van der Waals surface area contributed by atoms with Gasteiger partial charge in [-0.25, -0.2) is 0 Å². The quantitative estimate of drug-likeness (QED) is 0.105. The third-order valence-electron chi connectivity index (χ3n) is 10.4. The van der Waals surface area contributed by atoms with E-state index in [-0.39, 0.29) is 6.04 Å². The number of aliphatic imine (C=N–C) groups is 1. The summed E-state index contributed by atoms with van der Waals surface area (Å²) in [6.07, 6.45) is 1.93. The normalized spacial score (nSPS) is 12.9. The Bertz CT molecular complexity index is 2710. The van der Waals surface area contributed by atoms with Crippen molar-refractivity contribution in [2.24, 2.45) is 4.99 Å². The van der Waals surface area contributed by atoms with Crippen LogP contribution in [-0.2, 0) is 0 Å². The van der Waals surface area contributed by atoms with Gasteiger partial charge < -0.3 is 0 Å². The van der Waals surface area contributed by atoms with E-state index in [1.54, 1.807) is 0 Å². The van der Waals surface area contributed by atoms with Crippen LogP contribution in [0.25, 0.3) is 64.8 Å². The van der Waals surface area contributed by atoms with E-state index in [1.807, 2.05) is 17.4 Å². The fourth-order valence-corrected chi connectivity index (χ4v) is 8.87. The first-order valence-electron chi connectivity index (χ1n) is 18.1. The van der Waals surface area contributed by atoms with Crippen molar-refractivity contribution in [2.75, 3.05) is 0 Å². The zero-order chi connectivity index (χ0) is 36.5. The van der Waals surface area contributed by atoms with Crippen molar-refractivity contribution in [2.45, 2.75) is 26.8 Å². The number of allylic oxidation sites excluding steroid dienone is 2. The van der Waals surface area contributed by atoms with Gasteiger partial charge in [0.25, 0.3) is 0 Å². The van der Waals surface area contributed by atoms with Gasteiger partial charge in [0.1, 0.15) is 0 Å². The molecule has 7 aromatic carbocycles. The Labute approximate surface area is 316 Å². The molecule has 2 heteroatoms. The number of nitrogens with zero attached hydrogens (tertiary/aromatic N) is 1. The third-order valence-corrected chi connectivity index (χ3v) is 11.6. The van der Waals surface area contributed by atoms with Crippen LogP contribution in [0, 0.1) is 0 Å². The Balaban J connectivity index is 1.36. The molecule has 0 saturated carbocycles. The summed E-state index contributed by atoms with van der Waals surface area (Å²) in [5.41, 5.74) is 13.6. The number of hydrogen-bond acceptors (Lipinski definition) is 2. The van der Waals surface area contributed by atoms with Crippen molar-refractivity contribution < 1.29 is 0 Å². The van der Waals surface area contributed by atoms with Gasteiger partial charge in [0, 0.05) is 25.7 Å². The zero-order valence-electron chi connectivity index (χ0n) is 30.4. The highest BCUT2D eigenvalue weighted by Crippen LogP contribution is 2.46. The molecule has 1 aromatic heterocycles. The summed E-state index contributed by atoms with van der Waals surface area (Å²) in [5.74, 6) is 0. The fourth-order valence-electron chi connectivity index (χ4n) is 7.57. The van der Waals surface area contributed by atoms with E-state index in [0.717, 1.165) is 33.5 Å². The molecule has 0 aliphatic carbocycles. The van der Waals surface area contributed by atoms with E-state index in [0.29, 0.717) is 0 Å². The summed E-state index contributed by atoms with van der Waals surface area (Å²) in [7, 11) is 0. The van der Waals surface area contributed by atoms with Crippen molar-refractivity contribution in [1.82, 2.24) is 0 Å². The van der Waals surface area contributed by atoms with Gasteiger partial charge in [-0.1, -0.05) is 176 Å². The maximum atomic E-state index is 5.73. The predicted octanol–water partition coefficient (Wildman–Crippen LogP) is 14.8. The van der Waals surface area contributed by atoms with E-state index < -0.39 is 0 Å². The molecule has 0 radical (unpaired) electrons. The van der Waals surface area contributed by atoms with Crippen molar-refractivity contribution in [3.8, 4) is 22.3 Å².